The third kappa shape index (κ3) is 2.06. The summed E-state index contributed by atoms with van der Waals surface area (Å²) in [6.45, 7) is 8.19. The summed E-state index contributed by atoms with van der Waals surface area (Å²) < 4.78 is 5.39. The molecule has 2 bridgehead atoms. The molecule has 2 saturated carbocycles. The van der Waals surface area contributed by atoms with Gasteiger partial charge in [0.25, 0.3) is 0 Å². The molecule has 2 unspecified atom stereocenters. The first-order valence-corrected chi connectivity index (χ1v) is 8.56. The summed E-state index contributed by atoms with van der Waals surface area (Å²) in [6.07, 6.45) is 1.10. The van der Waals surface area contributed by atoms with Crippen LogP contribution in [0.3, 0.4) is 0 Å². The van der Waals surface area contributed by atoms with Crippen LogP contribution in [-0.2, 0) is 9.59 Å². The van der Waals surface area contributed by atoms with Gasteiger partial charge in [0.2, 0.25) is 5.91 Å². The molecule has 2 aliphatic carbocycles. The third-order valence-corrected chi connectivity index (χ3v) is 6.48. The molecule has 6 nitrogen and oxygen atoms in total. The second-order valence-corrected chi connectivity index (χ2v) is 7.55. The molecule has 25 heavy (non-hydrogen) atoms. The molecule has 0 heterocycles. The average Bonchev–Trinajstić information content (AvgIpc) is 2.85. The largest absolute Gasteiger partial charge is 0.494 e. The van der Waals surface area contributed by atoms with Crippen molar-refractivity contribution in [3.05, 3.63) is 24.3 Å². The van der Waals surface area contributed by atoms with Crippen LogP contribution in [0.4, 0.5) is 5.69 Å². The Balaban J connectivity index is 1.92. The highest BCUT2D eigenvalue weighted by Crippen LogP contribution is 2.69. The summed E-state index contributed by atoms with van der Waals surface area (Å²) in [4.78, 5) is 26.1. The van der Waals surface area contributed by atoms with Crippen molar-refractivity contribution in [1.29, 1.82) is 0 Å². The number of nitrogens with one attached hydrogen (secondary N) is 1. The Kier molecular flexibility index (Phi) is 3.89. The molecule has 0 aromatic heterocycles. The van der Waals surface area contributed by atoms with Gasteiger partial charge < -0.3 is 15.3 Å². The molecule has 2 fully saturated rings. The zero-order chi connectivity index (χ0) is 18.5. The fraction of sp³-hybridized carbons (Fsp3) is 0.526. The summed E-state index contributed by atoms with van der Waals surface area (Å²) >= 11 is 0. The lowest BCUT2D eigenvalue weighted by Gasteiger charge is -2.37. The molecule has 1 aromatic carbocycles. The molecule has 0 spiro atoms. The van der Waals surface area contributed by atoms with Crippen LogP contribution < -0.4 is 10.1 Å². The molecule has 2 atom stereocenters. The number of ketones is 1. The van der Waals surface area contributed by atoms with Crippen molar-refractivity contribution in [2.24, 2.45) is 21.4 Å². The molecule has 1 amide bonds. The van der Waals surface area contributed by atoms with Gasteiger partial charge in [-0.1, -0.05) is 25.9 Å². The van der Waals surface area contributed by atoms with Gasteiger partial charge in [0.1, 0.15) is 16.9 Å². The summed E-state index contributed by atoms with van der Waals surface area (Å²) in [5.74, 6) is 0.0188. The number of ether oxygens (including phenoxy) is 1. The van der Waals surface area contributed by atoms with E-state index in [1.807, 2.05) is 27.7 Å². The van der Waals surface area contributed by atoms with Crippen molar-refractivity contribution >= 4 is 23.1 Å². The zero-order valence-electron chi connectivity index (χ0n) is 15.0. The highest BCUT2D eigenvalue weighted by Gasteiger charge is 2.76. The van der Waals surface area contributed by atoms with E-state index in [1.54, 1.807) is 24.3 Å². The van der Waals surface area contributed by atoms with Crippen LogP contribution in [0.1, 0.15) is 40.5 Å². The van der Waals surface area contributed by atoms with Gasteiger partial charge >= 0.3 is 0 Å². The fourth-order valence-electron chi connectivity index (χ4n) is 4.49. The summed E-state index contributed by atoms with van der Waals surface area (Å²) in [7, 11) is 0. The SMILES string of the molecule is CCOc1ccc(NC(=O)C23CCC(C)(C(=NO)C2=O)C3(C)C)cc1. The lowest BCUT2D eigenvalue weighted by atomic mass is 9.64. The van der Waals surface area contributed by atoms with Crippen LogP contribution in [0.5, 0.6) is 5.75 Å². The number of amides is 1. The van der Waals surface area contributed by atoms with E-state index in [-0.39, 0.29) is 17.4 Å². The molecular weight excluding hydrogens is 320 g/mol. The quantitative estimate of drug-likeness (QED) is 0.498. The Labute approximate surface area is 147 Å². The van der Waals surface area contributed by atoms with Gasteiger partial charge in [-0.15, -0.1) is 0 Å². The van der Waals surface area contributed by atoms with E-state index in [0.29, 0.717) is 25.1 Å². The predicted molar refractivity (Wildman–Crippen MR) is 94.0 cm³/mol. The van der Waals surface area contributed by atoms with E-state index in [0.717, 1.165) is 5.75 Å². The first kappa shape index (κ1) is 17.5. The van der Waals surface area contributed by atoms with Crippen LogP contribution in [0.25, 0.3) is 0 Å². The standard InChI is InChI=1S/C19H24N2O4/c1-5-25-13-8-6-12(7-9-13)20-16(23)19-11-10-18(4,17(19,2)3)14(21-24)15(19)22/h6-9,24H,5,10-11H2,1-4H3,(H,20,23). The predicted octanol–water partition coefficient (Wildman–Crippen LogP) is 3.25. The molecule has 2 N–H and O–H groups in total. The number of hydrogen-bond acceptors (Lipinski definition) is 5. The maximum Gasteiger partial charge on any atom is 0.239 e. The lowest BCUT2D eigenvalue weighted by molar-refractivity contribution is -0.140. The van der Waals surface area contributed by atoms with E-state index in [9.17, 15) is 14.8 Å². The lowest BCUT2D eigenvalue weighted by Crippen LogP contribution is -2.47. The van der Waals surface area contributed by atoms with Crippen LogP contribution in [-0.4, -0.2) is 29.2 Å². The summed E-state index contributed by atoms with van der Waals surface area (Å²) in [6, 6.07) is 7.05. The van der Waals surface area contributed by atoms with Gasteiger partial charge in [-0.3, -0.25) is 9.59 Å². The summed E-state index contributed by atoms with van der Waals surface area (Å²) in [5, 5.41) is 15.5. The minimum Gasteiger partial charge on any atom is -0.494 e. The van der Waals surface area contributed by atoms with Gasteiger partial charge in [0.15, 0.2) is 5.78 Å². The first-order valence-electron chi connectivity index (χ1n) is 8.56. The second-order valence-electron chi connectivity index (χ2n) is 7.55. The van der Waals surface area contributed by atoms with Crippen molar-refractivity contribution < 1.29 is 19.5 Å². The number of carbonyl (C=O) groups is 2. The minimum atomic E-state index is -1.21. The first-order chi connectivity index (χ1) is 11.7. The van der Waals surface area contributed by atoms with Crippen LogP contribution in [0, 0.1) is 16.2 Å². The van der Waals surface area contributed by atoms with E-state index in [2.05, 4.69) is 10.5 Å². The molecule has 6 heteroatoms. The molecular formula is C19H24N2O4. The fourth-order valence-corrected chi connectivity index (χ4v) is 4.49. The van der Waals surface area contributed by atoms with Crippen molar-refractivity contribution in [3.8, 4) is 5.75 Å². The third-order valence-electron chi connectivity index (χ3n) is 6.48. The summed E-state index contributed by atoms with van der Waals surface area (Å²) in [5.41, 5.74) is -1.72. The maximum atomic E-state index is 13.1. The molecule has 3 rings (SSSR count). The van der Waals surface area contributed by atoms with Crippen LogP contribution in [0.15, 0.2) is 29.4 Å². The van der Waals surface area contributed by atoms with E-state index in [1.165, 1.54) is 0 Å². The number of nitrogens with zero attached hydrogens (tertiary/aromatic N) is 1. The number of fused-ring (bicyclic) bond motifs is 2. The normalized spacial score (nSPS) is 31.4. The Morgan fingerprint density at radius 3 is 2.40 bits per heavy atom. The minimum absolute atomic E-state index is 0.116. The zero-order valence-corrected chi connectivity index (χ0v) is 15.0. The van der Waals surface area contributed by atoms with E-state index in [4.69, 9.17) is 4.74 Å². The monoisotopic (exact) mass is 344 g/mol. The van der Waals surface area contributed by atoms with Crippen molar-refractivity contribution in [2.45, 2.75) is 40.5 Å². The number of oxime groups is 1. The number of carbonyl (C=O) groups excluding carboxylic acids is 2. The van der Waals surface area contributed by atoms with Gasteiger partial charge in [-0.05, 0) is 49.4 Å². The smallest absolute Gasteiger partial charge is 0.239 e. The Morgan fingerprint density at radius 2 is 1.88 bits per heavy atom. The maximum absolute atomic E-state index is 13.1. The Bertz CT molecular complexity index is 753. The number of hydrogen-bond donors (Lipinski definition) is 2. The Morgan fingerprint density at radius 1 is 1.24 bits per heavy atom. The molecule has 2 aliphatic rings. The van der Waals surface area contributed by atoms with Crippen molar-refractivity contribution in [1.82, 2.24) is 0 Å². The molecule has 1 aromatic rings. The Hall–Kier alpha value is -2.37. The number of rotatable bonds is 4. The van der Waals surface area contributed by atoms with Crippen molar-refractivity contribution in [3.63, 3.8) is 0 Å². The number of benzene rings is 1. The van der Waals surface area contributed by atoms with Crippen LogP contribution >= 0.6 is 0 Å². The van der Waals surface area contributed by atoms with Gasteiger partial charge in [0.05, 0.1) is 6.61 Å². The van der Waals surface area contributed by atoms with Gasteiger partial charge in [0, 0.05) is 11.1 Å². The highest BCUT2D eigenvalue weighted by atomic mass is 16.5. The van der Waals surface area contributed by atoms with E-state index >= 15 is 0 Å². The van der Waals surface area contributed by atoms with E-state index < -0.39 is 16.2 Å². The molecule has 0 saturated heterocycles. The van der Waals surface area contributed by atoms with Crippen LogP contribution in [0.2, 0.25) is 0 Å². The number of anilines is 1. The van der Waals surface area contributed by atoms with Gasteiger partial charge in [-0.2, -0.15) is 0 Å². The topological polar surface area (TPSA) is 88.0 Å². The van der Waals surface area contributed by atoms with Gasteiger partial charge in [-0.25, -0.2) is 0 Å². The number of Topliss-reactive ketones (excluding diaryl/α,β-unsaturated/α-hetero) is 1. The molecule has 0 aliphatic heterocycles. The highest BCUT2D eigenvalue weighted by molar-refractivity contribution is 6.51. The molecule has 134 valence electrons. The molecule has 0 radical (unpaired) electrons. The van der Waals surface area contributed by atoms with Crippen molar-refractivity contribution in [2.75, 3.05) is 11.9 Å². The average molecular weight is 344 g/mol. The second kappa shape index (κ2) is 5.58.